The first-order valence-corrected chi connectivity index (χ1v) is 10.5. The fourth-order valence-electron chi connectivity index (χ4n) is 2.97. The lowest BCUT2D eigenvalue weighted by Gasteiger charge is -2.30. The van der Waals surface area contributed by atoms with Crippen LogP contribution in [0.5, 0.6) is 5.75 Å². The number of nitrogens with zero attached hydrogens (tertiary/aromatic N) is 5. The molecule has 2 aliphatic heterocycles. The molecule has 3 heterocycles. The molecule has 1 fully saturated rings. The predicted molar refractivity (Wildman–Crippen MR) is 108 cm³/mol. The van der Waals surface area contributed by atoms with Crippen LogP contribution in [0.3, 0.4) is 0 Å². The summed E-state index contributed by atoms with van der Waals surface area (Å²) < 4.78 is 35.0. The van der Waals surface area contributed by atoms with Crippen molar-refractivity contribution in [2.75, 3.05) is 27.2 Å². The molecule has 0 bridgehead atoms. The molecule has 1 unspecified atom stereocenters. The maximum Gasteiger partial charge on any atom is 0.397 e. The summed E-state index contributed by atoms with van der Waals surface area (Å²) in [6.45, 7) is 0.791. The number of hydrogen-bond donors (Lipinski definition) is 4. The molecular formula is C17H24N5O9S+. The molecule has 14 nitrogen and oxygen atoms in total. The van der Waals surface area contributed by atoms with E-state index in [0.29, 0.717) is 16.8 Å². The SMILES string of the molecule is CN1C(=O)C2C(=NC=[N+]2CCOS(=O)(=O)O)N(C)C1=O.Cc1ncc(CO)c(CO)c1O. The zero-order chi connectivity index (χ0) is 24.2. The zero-order valence-corrected chi connectivity index (χ0v) is 18.4. The van der Waals surface area contributed by atoms with Gasteiger partial charge in [-0.3, -0.25) is 24.1 Å². The number of amides is 3. The van der Waals surface area contributed by atoms with E-state index in [4.69, 9.17) is 14.8 Å². The number of pyridine rings is 1. The molecule has 3 rings (SSSR count). The van der Waals surface area contributed by atoms with Crippen LogP contribution in [0.4, 0.5) is 4.79 Å². The second-order valence-corrected chi connectivity index (χ2v) is 7.84. The predicted octanol–water partition coefficient (Wildman–Crippen LogP) is -1.77. The Balaban J connectivity index is 0.000000258. The van der Waals surface area contributed by atoms with E-state index in [9.17, 15) is 23.1 Å². The third-order valence-corrected chi connectivity index (χ3v) is 5.20. The number of hydrogen-bond acceptors (Lipinski definition) is 10. The fourth-order valence-corrected chi connectivity index (χ4v) is 3.26. The van der Waals surface area contributed by atoms with Crippen molar-refractivity contribution in [2.24, 2.45) is 4.99 Å². The van der Waals surface area contributed by atoms with Gasteiger partial charge >= 0.3 is 16.4 Å². The van der Waals surface area contributed by atoms with Crippen molar-refractivity contribution >= 4 is 34.5 Å². The van der Waals surface area contributed by atoms with Crippen molar-refractivity contribution in [3.8, 4) is 5.75 Å². The minimum Gasteiger partial charge on any atom is -0.506 e. The second kappa shape index (κ2) is 10.1. The third-order valence-electron chi connectivity index (χ3n) is 4.74. The van der Waals surface area contributed by atoms with Gasteiger partial charge in [-0.1, -0.05) is 0 Å². The Morgan fingerprint density at radius 2 is 1.84 bits per heavy atom. The average molecular weight is 474 g/mol. The van der Waals surface area contributed by atoms with Crippen LogP contribution in [0.1, 0.15) is 16.8 Å². The van der Waals surface area contributed by atoms with E-state index in [1.165, 1.54) is 36.1 Å². The van der Waals surface area contributed by atoms with Gasteiger partial charge in [0.1, 0.15) is 18.9 Å². The summed E-state index contributed by atoms with van der Waals surface area (Å²) in [5.74, 6) is -0.235. The van der Waals surface area contributed by atoms with Crippen molar-refractivity contribution in [2.45, 2.75) is 26.2 Å². The number of aromatic hydroxyl groups is 1. The number of likely N-dealkylation sites (N-methyl/N-ethyl adjacent to an activating group) is 2. The number of urea groups is 1. The molecule has 0 aliphatic carbocycles. The number of fused-ring (bicyclic) bond motifs is 1. The Morgan fingerprint density at radius 1 is 1.19 bits per heavy atom. The Labute approximate surface area is 183 Å². The molecule has 1 saturated heterocycles. The largest absolute Gasteiger partial charge is 0.506 e. The van der Waals surface area contributed by atoms with Crippen molar-refractivity contribution in [3.63, 3.8) is 0 Å². The molecule has 176 valence electrons. The Bertz CT molecular complexity index is 1070. The first kappa shape index (κ1) is 25.3. The van der Waals surface area contributed by atoms with E-state index in [2.05, 4.69) is 14.2 Å². The first-order valence-electron chi connectivity index (χ1n) is 9.14. The lowest BCUT2D eigenvalue weighted by molar-refractivity contribution is -0.532. The fraction of sp³-hybridized carbons (Fsp3) is 0.471. The van der Waals surface area contributed by atoms with E-state index in [0.717, 1.165) is 4.90 Å². The number of aliphatic hydroxyl groups excluding tert-OH is 2. The molecule has 15 heteroatoms. The van der Waals surface area contributed by atoms with Crippen LogP contribution in [0.15, 0.2) is 11.2 Å². The molecule has 0 spiro atoms. The van der Waals surface area contributed by atoms with Gasteiger partial charge in [-0.25, -0.2) is 13.6 Å². The molecule has 1 aromatic heterocycles. The van der Waals surface area contributed by atoms with E-state index in [1.807, 2.05) is 0 Å². The third kappa shape index (κ3) is 5.43. The standard InChI is InChI=1S/C9H12N4O6S.C8H11NO3/c1-11-7-6(8(14)12(2)9(11)15)13(5-10-7)3-4-19-20(16,17)18;1-5-8(12)7(4-11)6(3-10)2-9-5/h5-6H,3-4H2,1-2H3;2,10-12H,3-4H2,1H3/p+1. The van der Waals surface area contributed by atoms with Crippen molar-refractivity contribution in [1.82, 2.24) is 14.8 Å². The molecule has 0 radical (unpaired) electrons. The van der Waals surface area contributed by atoms with Gasteiger partial charge in [0.25, 0.3) is 24.1 Å². The van der Waals surface area contributed by atoms with Gasteiger partial charge in [0.15, 0.2) is 0 Å². The molecule has 2 aliphatic rings. The molecule has 1 atom stereocenters. The normalized spacial score (nSPS) is 18.1. The summed E-state index contributed by atoms with van der Waals surface area (Å²) in [7, 11) is -1.69. The number of imide groups is 1. The van der Waals surface area contributed by atoms with Crippen LogP contribution < -0.4 is 0 Å². The maximum absolute atomic E-state index is 12.1. The van der Waals surface area contributed by atoms with Crippen molar-refractivity contribution in [3.05, 3.63) is 23.0 Å². The van der Waals surface area contributed by atoms with Crippen LogP contribution in [-0.4, -0.2) is 105 Å². The number of carbonyl (C=O) groups excluding carboxylic acids is 2. The highest BCUT2D eigenvalue weighted by atomic mass is 32.3. The number of amidine groups is 1. The van der Waals surface area contributed by atoms with Gasteiger partial charge in [0.05, 0.1) is 18.9 Å². The minimum atomic E-state index is -4.53. The number of aliphatic imine (C=N–C) groups is 1. The van der Waals surface area contributed by atoms with E-state index in [1.54, 1.807) is 6.92 Å². The highest BCUT2D eigenvalue weighted by molar-refractivity contribution is 7.80. The van der Waals surface area contributed by atoms with E-state index >= 15 is 0 Å². The minimum absolute atomic E-state index is 0.0130. The molecule has 32 heavy (non-hydrogen) atoms. The highest BCUT2D eigenvalue weighted by Crippen LogP contribution is 2.23. The van der Waals surface area contributed by atoms with Gasteiger partial charge in [0, 0.05) is 31.4 Å². The van der Waals surface area contributed by atoms with Crippen LogP contribution in [0.25, 0.3) is 0 Å². The van der Waals surface area contributed by atoms with Crippen molar-refractivity contribution < 1.29 is 46.6 Å². The summed E-state index contributed by atoms with van der Waals surface area (Å²) in [5.41, 5.74) is 1.27. The Hall–Kier alpha value is -2.98. The van der Waals surface area contributed by atoms with E-state index < -0.39 is 28.4 Å². The lowest BCUT2D eigenvalue weighted by atomic mass is 10.1. The molecule has 0 saturated carbocycles. The lowest BCUT2D eigenvalue weighted by Crippen LogP contribution is -2.61. The summed E-state index contributed by atoms with van der Waals surface area (Å²) in [6.07, 6.45) is 2.77. The molecule has 4 N–H and O–H groups in total. The first-order chi connectivity index (χ1) is 14.9. The second-order valence-electron chi connectivity index (χ2n) is 6.74. The Morgan fingerprint density at radius 3 is 2.41 bits per heavy atom. The van der Waals surface area contributed by atoms with Crippen LogP contribution in [-0.2, 0) is 32.6 Å². The number of aliphatic hydroxyl groups is 2. The smallest absolute Gasteiger partial charge is 0.397 e. The van der Waals surface area contributed by atoms with E-state index in [-0.39, 0.29) is 38.0 Å². The number of aryl methyl sites for hydroxylation is 1. The number of aromatic nitrogens is 1. The van der Waals surface area contributed by atoms with Crippen LogP contribution in [0.2, 0.25) is 0 Å². The maximum atomic E-state index is 12.1. The quantitative estimate of drug-likeness (QED) is 0.271. The topological polar surface area (TPSA) is 193 Å². The van der Waals surface area contributed by atoms with Gasteiger partial charge in [-0.15, -0.1) is 0 Å². The molecule has 1 aromatic rings. The molecule has 0 aromatic carbocycles. The number of rotatable bonds is 6. The Kier molecular flexibility index (Phi) is 7.97. The van der Waals surface area contributed by atoms with Gasteiger partial charge < -0.3 is 15.3 Å². The number of carbonyl (C=O) groups is 2. The monoisotopic (exact) mass is 474 g/mol. The molecule has 3 amide bonds. The van der Waals surface area contributed by atoms with Gasteiger partial charge in [-0.2, -0.15) is 8.42 Å². The van der Waals surface area contributed by atoms with Gasteiger partial charge in [-0.05, 0) is 11.9 Å². The summed E-state index contributed by atoms with van der Waals surface area (Å²) in [4.78, 5) is 33.8. The van der Waals surface area contributed by atoms with Crippen LogP contribution in [0, 0.1) is 6.92 Å². The highest BCUT2D eigenvalue weighted by Gasteiger charge is 2.50. The molecular weight excluding hydrogens is 450 g/mol. The summed E-state index contributed by atoms with van der Waals surface area (Å²) >= 11 is 0. The van der Waals surface area contributed by atoms with Crippen molar-refractivity contribution in [1.29, 1.82) is 0 Å². The van der Waals surface area contributed by atoms with Crippen LogP contribution >= 0.6 is 0 Å². The summed E-state index contributed by atoms with van der Waals surface area (Å²) in [6, 6.07) is -1.29. The average Bonchev–Trinajstić information content (AvgIpc) is 3.16. The van der Waals surface area contributed by atoms with Gasteiger partial charge in [0.2, 0.25) is 0 Å². The zero-order valence-electron chi connectivity index (χ0n) is 17.5. The summed E-state index contributed by atoms with van der Waals surface area (Å²) in [5, 5.41) is 27.0.